The van der Waals surface area contributed by atoms with Gasteiger partial charge < -0.3 is 10.0 Å². The lowest BCUT2D eigenvalue weighted by Gasteiger charge is -2.44. The number of piperidine rings is 1. The summed E-state index contributed by atoms with van der Waals surface area (Å²) >= 11 is 0. The van der Waals surface area contributed by atoms with E-state index in [4.69, 9.17) is 0 Å². The molecular weight excluding hydrogens is 250 g/mol. The second-order valence-corrected chi connectivity index (χ2v) is 7.71. The van der Waals surface area contributed by atoms with Crippen LogP contribution in [0.1, 0.15) is 65.7 Å². The maximum Gasteiger partial charge on any atom is 0.310 e. The Balaban J connectivity index is 1.95. The van der Waals surface area contributed by atoms with Crippen molar-refractivity contribution in [3.63, 3.8) is 0 Å². The first-order chi connectivity index (χ1) is 9.39. The topological polar surface area (TPSA) is 40.5 Å². The molecule has 0 amide bonds. The fraction of sp³-hybridized carbons (Fsp3) is 0.941. The van der Waals surface area contributed by atoms with Gasteiger partial charge in [0.25, 0.3) is 0 Å². The molecule has 1 heterocycles. The highest BCUT2D eigenvalue weighted by atomic mass is 16.4. The Bertz CT molecular complexity index is 337. The van der Waals surface area contributed by atoms with Crippen LogP contribution in [0.5, 0.6) is 0 Å². The van der Waals surface area contributed by atoms with Crippen molar-refractivity contribution >= 4 is 5.97 Å². The van der Waals surface area contributed by atoms with Crippen molar-refractivity contribution < 1.29 is 9.90 Å². The molecule has 1 N–H and O–H groups in total. The molecule has 2 fully saturated rings. The van der Waals surface area contributed by atoms with Gasteiger partial charge in [-0.2, -0.15) is 0 Å². The minimum absolute atomic E-state index is 0.466. The summed E-state index contributed by atoms with van der Waals surface area (Å²) in [7, 11) is 0. The number of carboxylic acid groups (broad SMARTS) is 1. The van der Waals surface area contributed by atoms with Crippen molar-refractivity contribution in [2.75, 3.05) is 19.6 Å². The summed E-state index contributed by atoms with van der Waals surface area (Å²) in [5, 5.41) is 9.73. The van der Waals surface area contributed by atoms with Crippen molar-refractivity contribution in [1.29, 1.82) is 0 Å². The first-order valence-electron chi connectivity index (χ1n) is 8.35. The molecule has 0 unspecified atom stereocenters. The highest BCUT2D eigenvalue weighted by Gasteiger charge is 2.43. The van der Waals surface area contributed by atoms with E-state index in [0.29, 0.717) is 11.3 Å². The van der Waals surface area contributed by atoms with Crippen LogP contribution in [0.15, 0.2) is 0 Å². The van der Waals surface area contributed by atoms with Crippen LogP contribution in [0, 0.1) is 16.7 Å². The molecular formula is C17H31NO2. The Morgan fingerprint density at radius 2 is 1.75 bits per heavy atom. The van der Waals surface area contributed by atoms with Gasteiger partial charge in [-0.25, -0.2) is 0 Å². The number of likely N-dealkylation sites (tertiary alicyclic amines) is 1. The molecule has 3 nitrogen and oxygen atoms in total. The van der Waals surface area contributed by atoms with Crippen LogP contribution in [0.25, 0.3) is 0 Å². The van der Waals surface area contributed by atoms with Crippen molar-refractivity contribution in [2.24, 2.45) is 16.7 Å². The molecule has 0 aromatic rings. The van der Waals surface area contributed by atoms with Crippen LogP contribution in [0.3, 0.4) is 0 Å². The SMILES string of the molecule is CCC1(C)CCN(CC2(C(=O)O)CCC(C)CC2)CC1. The average Bonchev–Trinajstić information content (AvgIpc) is 2.44. The van der Waals surface area contributed by atoms with Crippen LogP contribution in [0.4, 0.5) is 0 Å². The Hall–Kier alpha value is -0.570. The molecule has 2 aliphatic rings. The van der Waals surface area contributed by atoms with Gasteiger partial charge in [0.1, 0.15) is 0 Å². The molecule has 1 aliphatic heterocycles. The first kappa shape index (κ1) is 15.8. The summed E-state index contributed by atoms with van der Waals surface area (Å²) in [5.74, 6) is 0.139. The fourth-order valence-electron chi connectivity index (χ4n) is 3.79. The van der Waals surface area contributed by atoms with Gasteiger partial charge in [0, 0.05) is 6.54 Å². The summed E-state index contributed by atoms with van der Waals surface area (Å²) in [6.45, 7) is 9.83. The number of aliphatic carboxylic acids is 1. The van der Waals surface area contributed by atoms with E-state index in [0.717, 1.165) is 45.3 Å². The third-order valence-electron chi connectivity index (χ3n) is 6.13. The number of nitrogens with zero attached hydrogens (tertiary/aromatic N) is 1. The smallest absolute Gasteiger partial charge is 0.310 e. The summed E-state index contributed by atoms with van der Waals surface area (Å²) in [6.07, 6.45) is 7.56. The highest BCUT2D eigenvalue weighted by Crippen LogP contribution is 2.41. The molecule has 0 atom stereocenters. The number of hydrogen-bond acceptors (Lipinski definition) is 2. The maximum absolute atomic E-state index is 11.8. The molecule has 2 rings (SSSR count). The first-order valence-corrected chi connectivity index (χ1v) is 8.35. The van der Waals surface area contributed by atoms with Gasteiger partial charge in [0.05, 0.1) is 5.41 Å². The molecule has 0 radical (unpaired) electrons. The zero-order chi connectivity index (χ0) is 14.8. The molecule has 20 heavy (non-hydrogen) atoms. The predicted molar refractivity (Wildman–Crippen MR) is 81.8 cm³/mol. The Kier molecular flexibility index (Phi) is 4.78. The molecule has 0 spiro atoms. The standard InChI is InChI=1S/C17H31NO2/c1-4-16(3)9-11-18(12-10-16)13-17(15(19)20)7-5-14(2)6-8-17/h14H,4-13H2,1-3H3,(H,19,20). The number of carboxylic acids is 1. The molecule has 1 aliphatic carbocycles. The van der Waals surface area contributed by atoms with Crippen molar-refractivity contribution in [3.8, 4) is 0 Å². The third kappa shape index (κ3) is 3.36. The Morgan fingerprint density at radius 3 is 2.20 bits per heavy atom. The molecule has 1 saturated carbocycles. The van der Waals surface area contributed by atoms with Gasteiger partial charge in [-0.1, -0.05) is 27.2 Å². The van der Waals surface area contributed by atoms with Gasteiger partial charge in [0.15, 0.2) is 0 Å². The number of rotatable bonds is 4. The Morgan fingerprint density at radius 1 is 1.20 bits per heavy atom. The van der Waals surface area contributed by atoms with E-state index in [9.17, 15) is 9.90 Å². The van der Waals surface area contributed by atoms with E-state index in [1.165, 1.54) is 19.3 Å². The third-order valence-corrected chi connectivity index (χ3v) is 6.13. The highest BCUT2D eigenvalue weighted by molar-refractivity contribution is 5.75. The zero-order valence-corrected chi connectivity index (χ0v) is 13.5. The van der Waals surface area contributed by atoms with Crippen LogP contribution in [0.2, 0.25) is 0 Å². The second-order valence-electron chi connectivity index (χ2n) is 7.71. The minimum atomic E-state index is -0.562. The second kappa shape index (κ2) is 6.05. The van der Waals surface area contributed by atoms with Crippen LogP contribution in [-0.2, 0) is 4.79 Å². The molecule has 3 heteroatoms. The van der Waals surface area contributed by atoms with E-state index in [-0.39, 0.29) is 0 Å². The van der Waals surface area contributed by atoms with Crippen molar-refractivity contribution in [2.45, 2.75) is 65.7 Å². The van der Waals surface area contributed by atoms with Crippen molar-refractivity contribution in [3.05, 3.63) is 0 Å². The van der Waals surface area contributed by atoms with E-state index in [1.54, 1.807) is 0 Å². The number of carbonyl (C=O) groups is 1. The van der Waals surface area contributed by atoms with E-state index >= 15 is 0 Å². The van der Waals surface area contributed by atoms with Gasteiger partial charge >= 0.3 is 5.97 Å². The van der Waals surface area contributed by atoms with E-state index in [2.05, 4.69) is 25.7 Å². The summed E-state index contributed by atoms with van der Waals surface area (Å²) in [4.78, 5) is 14.2. The zero-order valence-electron chi connectivity index (χ0n) is 13.5. The summed E-state index contributed by atoms with van der Waals surface area (Å²) in [5.41, 5.74) is 0.0143. The largest absolute Gasteiger partial charge is 0.481 e. The van der Waals surface area contributed by atoms with Crippen LogP contribution < -0.4 is 0 Å². The predicted octanol–water partition coefficient (Wildman–Crippen LogP) is 3.78. The minimum Gasteiger partial charge on any atom is -0.481 e. The fourth-order valence-corrected chi connectivity index (χ4v) is 3.79. The molecule has 0 aromatic carbocycles. The molecule has 0 bridgehead atoms. The van der Waals surface area contributed by atoms with Crippen LogP contribution >= 0.6 is 0 Å². The lowest BCUT2D eigenvalue weighted by molar-refractivity contribution is -0.153. The van der Waals surface area contributed by atoms with E-state index < -0.39 is 11.4 Å². The number of hydrogen-bond donors (Lipinski definition) is 1. The van der Waals surface area contributed by atoms with Gasteiger partial charge in [-0.3, -0.25) is 4.79 Å². The Labute approximate surface area is 123 Å². The molecule has 1 saturated heterocycles. The van der Waals surface area contributed by atoms with Crippen LogP contribution in [-0.4, -0.2) is 35.6 Å². The lowest BCUT2D eigenvalue weighted by atomic mass is 9.70. The quantitative estimate of drug-likeness (QED) is 0.852. The van der Waals surface area contributed by atoms with Gasteiger partial charge in [-0.15, -0.1) is 0 Å². The maximum atomic E-state index is 11.8. The van der Waals surface area contributed by atoms with Gasteiger partial charge in [0.2, 0.25) is 0 Å². The lowest BCUT2D eigenvalue weighted by Crippen LogP contribution is -2.48. The van der Waals surface area contributed by atoms with Crippen molar-refractivity contribution in [1.82, 2.24) is 4.90 Å². The van der Waals surface area contributed by atoms with E-state index in [1.807, 2.05) is 0 Å². The van der Waals surface area contributed by atoms with Gasteiger partial charge in [-0.05, 0) is 62.9 Å². The molecule has 0 aromatic heterocycles. The summed E-state index contributed by atoms with van der Waals surface area (Å²) in [6, 6.07) is 0. The monoisotopic (exact) mass is 281 g/mol. The normalized spacial score (nSPS) is 34.9. The molecule has 116 valence electrons. The average molecular weight is 281 g/mol. The summed E-state index contributed by atoms with van der Waals surface area (Å²) < 4.78 is 0.